The Labute approximate surface area is 121 Å². The number of benzene rings is 1. The Hall–Kier alpha value is -1.87. The van der Waals surface area contributed by atoms with E-state index < -0.39 is 0 Å². The van der Waals surface area contributed by atoms with Crippen molar-refractivity contribution in [2.24, 2.45) is 0 Å². The van der Waals surface area contributed by atoms with Gasteiger partial charge in [0.25, 0.3) is 0 Å². The molecule has 3 nitrogen and oxygen atoms in total. The van der Waals surface area contributed by atoms with E-state index in [-0.39, 0.29) is 12.1 Å². The van der Waals surface area contributed by atoms with Crippen LogP contribution in [0.4, 0.5) is 0 Å². The lowest BCUT2D eigenvalue weighted by Gasteiger charge is -2.21. The highest BCUT2D eigenvalue weighted by Crippen LogP contribution is 2.21. The summed E-state index contributed by atoms with van der Waals surface area (Å²) < 4.78 is 5.18. The third kappa shape index (κ3) is 3.36. The lowest BCUT2D eigenvalue weighted by atomic mass is 10.0. The van der Waals surface area contributed by atoms with Crippen molar-refractivity contribution in [3.05, 3.63) is 59.4 Å². The second-order valence-corrected chi connectivity index (χ2v) is 5.09. The average molecular weight is 270 g/mol. The highest BCUT2D eigenvalue weighted by atomic mass is 16.5. The molecule has 0 spiro atoms. The normalized spacial score (nSPS) is 13.8. The lowest BCUT2D eigenvalue weighted by Crippen LogP contribution is -2.23. The molecule has 2 atom stereocenters. The van der Waals surface area contributed by atoms with Gasteiger partial charge in [-0.2, -0.15) is 0 Å². The number of hydrogen-bond donors (Lipinski definition) is 1. The Morgan fingerprint density at radius 3 is 2.35 bits per heavy atom. The van der Waals surface area contributed by atoms with Gasteiger partial charge in [-0.15, -0.1) is 0 Å². The molecule has 0 bridgehead atoms. The number of aryl methyl sites for hydroxylation is 1. The van der Waals surface area contributed by atoms with Crippen LogP contribution in [0.1, 0.15) is 42.8 Å². The van der Waals surface area contributed by atoms with E-state index in [9.17, 15) is 0 Å². The topological polar surface area (TPSA) is 34.1 Å². The molecular formula is C17H22N2O. The van der Waals surface area contributed by atoms with Gasteiger partial charge < -0.3 is 10.1 Å². The number of rotatable bonds is 5. The first-order chi connectivity index (χ1) is 9.61. The molecule has 0 saturated heterocycles. The van der Waals surface area contributed by atoms with E-state index in [4.69, 9.17) is 4.74 Å². The molecule has 3 heteroatoms. The number of hydrogen-bond acceptors (Lipinski definition) is 3. The van der Waals surface area contributed by atoms with Gasteiger partial charge in [0, 0.05) is 18.3 Å². The van der Waals surface area contributed by atoms with Gasteiger partial charge in [-0.1, -0.05) is 18.2 Å². The molecule has 2 rings (SSSR count). The Morgan fingerprint density at radius 2 is 1.75 bits per heavy atom. The van der Waals surface area contributed by atoms with Crippen molar-refractivity contribution in [2.45, 2.75) is 32.9 Å². The number of nitrogens with one attached hydrogen (secondary N) is 1. The van der Waals surface area contributed by atoms with Gasteiger partial charge in [0.15, 0.2) is 0 Å². The predicted octanol–water partition coefficient (Wildman–Crippen LogP) is 3.81. The van der Waals surface area contributed by atoms with Gasteiger partial charge in [0.2, 0.25) is 0 Å². The molecular weight excluding hydrogens is 248 g/mol. The van der Waals surface area contributed by atoms with Crippen molar-refractivity contribution in [1.29, 1.82) is 0 Å². The van der Waals surface area contributed by atoms with Gasteiger partial charge in [0.1, 0.15) is 5.75 Å². The lowest BCUT2D eigenvalue weighted by molar-refractivity contribution is 0.414. The summed E-state index contributed by atoms with van der Waals surface area (Å²) in [5.41, 5.74) is 3.56. The monoisotopic (exact) mass is 270 g/mol. The molecule has 0 amide bonds. The zero-order chi connectivity index (χ0) is 14.5. The van der Waals surface area contributed by atoms with Crippen LogP contribution in [0.25, 0.3) is 0 Å². The van der Waals surface area contributed by atoms with E-state index in [2.05, 4.69) is 49.3 Å². The Bertz CT molecular complexity index is 551. The molecule has 1 aromatic carbocycles. The fourth-order valence-corrected chi connectivity index (χ4v) is 2.39. The fraction of sp³-hybridized carbons (Fsp3) is 0.353. The van der Waals surface area contributed by atoms with Gasteiger partial charge in [-0.05, 0) is 50.1 Å². The van der Waals surface area contributed by atoms with Crippen molar-refractivity contribution in [1.82, 2.24) is 10.3 Å². The van der Waals surface area contributed by atoms with E-state index in [0.29, 0.717) is 0 Å². The number of pyridine rings is 1. The quantitative estimate of drug-likeness (QED) is 0.897. The standard InChI is InChI=1S/C17H22N2O/c1-12-6-5-11-18-17(12)14(3)19-13(2)15-7-9-16(20-4)10-8-15/h5-11,13-14,19H,1-4H3. The molecule has 0 radical (unpaired) electrons. The van der Waals surface area contributed by atoms with Gasteiger partial charge in [0.05, 0.1) is 12.8 Å². The minimum atomic E-state index is 0.216. The molecule has 0 saturated carbocycles. The molecule has 20 heavy (non-hydrogen) atoms. The zero-order valence-corrected chi connectivity index (χ0v) is 12.6. The maximum absolute atomic E-state index is 5.18. The number of ether oxygens (including phenoxy) is 1. The highest BCUT2D eigenvalue weighted by molar-refractivity contribution is 5.29. The van der Waals surface area contributed by atoms with Crippen molar-refractivity contribution in [3.63, 3.8) is 0 Å². The van der Waals surface area contributed by atoms with Crippen LogP contribution in [0.5, 0.6) is 5.75 Å². The van der Waals surface area contributed by atoms with Crippen LogP contribution in [0, 0.1) is 6.92 Å². The molecule has 0 aliphatic rings. The van der Waals surface area contributed by atoms with Crippen molar-refractivity contribution in [3.8, 4) is 5.75 Å². The largest absolute Gasteiger partial charge is 0.497 e. The molecule has 2 aromatic rings. The van der Waals surface area contributed by atoms with E-state index in [1.165, 1.54) is 11.1 Å². The molecule has 0 aliphatic carbocycles. The summed E-state index contributed by atoms with van der Waals surface area (Å²) in [6.07, 6.45) is 1.85. The number of nitrogens with zero attached hydrogens (tertiary/aromatic N) is 1. The first-order valence-corrected chi connectivity index (χ1v) is 6.93. The summed E-state index contributed by atoms with van der Waals surface area (Å²) in [7, 11) is 1.68. The number of methoxy groups -OCH3 is 1. The summed E-state index contributed by atoms with van der Waals surface area (Å²) in [6.45, 7) is 6.41. The fourth-order valence-electron chi connectivity index (χ4n) is 2.39. The third-order valence-corrected chi connectivity index (χ3v) is 3.58. The highest BCUT2D eigenvalue weighted by Gasteiger charge is 2.13. The van der Waals surface area contributed by atoms with Gasteiger partial charge in [-0.3, -0.25) is 4.98 Å². The van der Waals surface area contributed by atoms with Crippen molar-refractivity contribution in [2.75, 3.05) is 7.11 Å². The Balaban J connectivity index is 2.06. The van der Waals surface area contributed by atoms with Crippen molar-refractivity contribution >= 4 is 0 Å². The molecule has 0 aliphatic heterocycles. The van der Waals surface area contributed by atoms with Crippen LogP contribution in [-0.2, 0) is 0 Å². The second kappa shape index (κ2) is 6.53. The van der Waals surface area contributed by atoms with Crippen LogP contribution in [0.3, 0.4) is 0 Å². The third-order valence-electron chi connectivity index (χ3n) is 3.58. The van der Waals surface area contributed by atoms with Crippen LogP contribution in [0.15, 0.2) is 42.6 Å². The molecule has 1 aromatic heterocycles. The minimum absolute atomic E-state index is 0.216. The van der Waals surface area contributed by atoms with Crippen molar-refractivity contribution < 1.29 is 4.74 Å². The molecule has 106 valence electrons. The van der Waals surface area contributed by atoms with E-state index in [1.807, 2.05) is 24.4 Å². The van der Waals surface area contributed by atoms with Gasteiger partial charge in [-0.25, -0.2) is 0 Å². The summed E-state index contributed by atoms with van der Waals surface area (Å²) in [5, 5.41) is 3.59. The molecule has 0 fully saturated rings. The first-order valence-electron chi connectivity index (χ1n) is 6.93. The van der Waals surface area contributed by atoms with E-state index in [0.717, 1.165) is 11.4 Å². The Kier molecular flexibility index (Phi) is 4.74. The van der Waals surface area contributed by atoms with Crippen LogP contribution in [-0.4, -0.2) is 12.1 Å². The summed E-state index contributed by atoms with van der Waals surface area (Å²) in [5.74, 6) is 0.884. The predicted molar refractivity (Wildman–Crippen MR) is 81.9 cm³/mol. The van der Waals surface area contributed by atoms with Crippen LogP contribution >= 0.6 is 0 Å². The van der Waals surface area contributed by atoms with Crippen LogP contribution < -0.4 is 10.1 Å². The van der Waals surface area contributed by atoms with Gasteiger partial charge >= 0.3 is 0 Å². The minimum Gasteiger partial charge on any atom is -0.497 e. The maximum Gasteiger partial charge on any atom is 0.118 e. The summed E-state index contributed by atoms with van der Waals surface area (Å²) in [4.78, 5) is 4.47. The van der Waals surface area contributed by atoms with E-state index >= 15 is 0 Å². The smallest absolute Gasteiger partial charge is 0.118 e. The van der Waals surface area contributed by atoms with Crippen LogP contribution in [0.2, 0.25) is 0 Å². The number of aromatic nitrogens is 1. The molecule has 1 N–H and O–H groups in total. The average Bonchev–Trinajstić information content (AvgIpc) is 2.47. The molecule has 2 unspecified atom stereocenters. The first kappa shape index (κ1) is 14.5. The van der Waals surface area contributed by atoms with E-state index in [1.54, 1.807) is 7.11 Å². The second-order valence-electron chi connectivity index (χ2n) is 5.09. The SMILES string of the molecule is COc1ccc(C(C)NC(C)c2ncccc2C)cc1. The molecule has 1 heterocycles. The maximum atomic E-state index is 5.18. The summed E-state index contributed by atoms with van der Waals surface area (Å²) >= 11 is 0. The summed E-state index contributed by atoms with van der Waals surface area (Å²) in [6, 6.07) is 12.7. The zero-order valence-electron chi connectivity index (χ0n) is 12.6. The Morgan fingerprint density at radius 1 is 1.05 bits per heavy atom.